The summed E-state index contributed by atoms with van der Waals surface area (Å²) in [7, 11) is 0. The molecule has 8 heteroatoms. The Labute approximate surface area is 218 Å². The van der Waals surface area contributed by atoms with Gasteiger partial charge >= 0.3 is 0 Å². The molecule has 0 bridgehead atoms. The number of carbonyl (C=O) groups excluding carboxylic acids is 3. The Balaban J connectivity index is 1.57. The molecule has 8 nitrogen and oxygen atoms in total. The predicted molar refractivity (Wildman–Crippen MR) is 140 cm³/mol. The van der Waals surface area contributed by atoms with Gasteiger partial charge in [0.25, 0.3) is 0 Å². The van der Waals surface area contributed by atoms with E-state index in [1.165, 1.54) is 0 Å². The first-order valence-corrected chi connectivity index (χ1v) is 13.6. The zero-order chi connectivity index (χ0) is 26.2. The molecule has 1 spiro atoms. The highest BCUT2D eigenvalue weighted by atomic mass is 16.5. The Morgan fingerprint density at radius 2 is 1.81 bits per heavy atom. The Morgan fingerprint density at radius 1 is 1.03 bits per heavy atom. The molecule has 6 atom stereocenters. The minimum Gasteiger partial charge on any atom is -0.394 e. The summed E-state index contributed by atoms with van der Waals surface area (Å²) in [6.45, 7) is 5.17. The molecule has 1 aromatic rings. The second kappa shape index (κ2) is 10.4. The van der Waals surface area contributed by atoms with Crippen LogP contribution in [0, 0.1) is 11.8 Å². The molecule has 4 aliphatic heterocycles. The molecule has 4 aliphatic rings. The van der Waals surface area contributed by atoms with Gasteiger partial charge in [-0.2, -0.15) is 0 Å². The topological polar surface area (TPSA) is 90.4 Å². The van der Waals surface area contributed by atoms with Crippen LogP contribution in [0.4, 0.5) is 5.69 Å². The minimum atomic E-state index is -1.26. The third kappa shape index (κ3) is 4.10. The van der Waals surface area contributed by atoms with Crippen molar-refractivity contribution in [3.8, 4) is 0 Å². The van der Waals surface area contributed by atoms with Gasteiger partial charge in [0, 0.05) is 25.3 Å². The van der Waals surface area contributed by atoms with Gasteiger partial charge < -0.3 is 24.5 Å². The fourth-order valence-electron chi connectivity index (χ4n) is 6.52. The number of nitrogens with zero attached hydrogens (tertiary/aromatic N) is 3. The molecule has 3 amide bonds. The van der Waals surface area contributed by atoms with E-state index in [0.717, 1.165) is 24.9 Å². The van der Waals surface area contributed by atoms with E-state index in [4.69, 9.17) is 4.74 Å². The fraction of sp³-hybridized carbons (Fsp3) is 0.552. The molecule has 0 radical (unpaired) electrons. The van der Waals surface area contributed by atoms with Crippen molar-refractivity contribution in [3.05, 3.63) is 54.6 Å². The highest BCUT2D eigenvalue weighted by Gasteiger charge is 2.72. The molecule has 198 valence electrons. The third-order valence-electron chi connectivity index (χ3n) is 8.35. The number of fused-ring (bicyclic) bond motifs is 2. The van der Waals surface area contributed by atoms with Gasteiger partial charge in [-0.05, 0) is 25.0 Å². The Kier molecular flexibility index (Phi) is 7.23. The number of ether oxygens (including phenoxy) is 1. The first-order valence-electron chi connectivity index (χ1n) is 13.6. The fourth-order valence-corrected chi connectivity index (χ4v) is 6.52. The maximum Gasteiger partial charge on any atom is 0.249 e. The first kappa shape index (κ1) is 25.7. The normalized spacial score (nSPS) is 31.8. The van der Waals surface area contributed by atoms with Gasteiger partial charge in [0.15, 0.2) is 0 Å². The molecule has 1 N–H and O–H groups in total. The molecule has 37 heavy (non-hydrogen) atoms. The zero-order valence-electron chi connectivity index (χ0n) is 21.7. The quantitative estimate of drug-likeness (QED) is 0.431. The number of aliphatic hydroxyl groups is 1. The lowest BCUT2D eigenvalue weighted by molar-refractivity contribution is -0.150. The number of carbonyl (C=O) groups is 3. The molecule has 4 heterocycles. The number of para-hydroxylation sites is 1. The molecular weight excluding hydrogens is 470 g/mol. The van der Waals surface area contributed by atoms with Crippen LogP contribution >= 0.6 is 0 Å². The Hall–Kier alpha value is -2.97. The van der Waals surface area contributed by atoms with Crippen molar-refractivity contribution in [3.63, 3.8) is 0 Å². The van der Waals surface area contributed by atoms with E-state index in [1.807, 2.05) is 61.6 Å². The standard InChI is InChI=1S/C29H37N3O5/c1-3-5-9-16-30-17-11-15-29-24(27(35)32(20(4-2)19-33)25(29)28(30)36)23-22(37-29)14-10-18-31(26(23)34)21-12-7-6-8-13-21/h6-8,10-15,20,22-25,33H,3-5,9,16-19H2,1-2H3/t20-,22-,23+,24-,25?,29-/m0/s1. The monoisotopic (exact) mass is 507 g/mol. The lowest BCUT2D eigenvalue weighted by Crippen LogP contribution is -2.58. The second-order valence-electron chi connectivity index (χ2n) is 10.4. The molecule has 5 rings (SSSR count). The van der Waals surface area contributed by atoms with Gasteiger partial charge in [0.2, 0.25) is 17.7 Å². The molecule has 2 saturated heterocycles. The van der Waals surface area contributed by atoms with Gasteiger partial charge in [-0.25, -0.2) is 0 Å². The number of amides is 3. The van der Waals surface area contributed by atoms with Crippen molar-refractivity contribution in [1.82, 2.24) is 9.80 Å². The maximum atomic E-state index is 14.2. The number of rotatable bonds is 8. The number of hydrogen-bond acceptors (Lipinski definition) is 5. The average Bonchev–Trinajstić information content (AvgIpc) is 3.23. The van der Waals surface area contributed by atoms with E-state index in [9.17, 15) is 19.5 Å². The second-order valence-corrected chi connectivity index (χ2v) is 10.4. The molecule has 1 aromatic carbocycles. The van der Waals surface area contributed by atoms with E-state index in [-0.39, 0.29) is 24.3 Å². The summed E-state index contributed by atoms with van der Waals surface area (Å²) < 4.78 is 6.67. The molecule has 0 aromatic heterocycles. The number of likely N-dealkylation sites (tertiary alicyclic amines) is 1. The molecule has 0 aliphatic carbocycles. The smallest absolute Gasteiger partial charge is 0.249 e. The third-order valence-corrected chi connectivity index (χ3v) is 8.35. The number of aliphatic hydroxyl groups excluding tert-OH is 1. The number of hydrogen-bond donors (Lipinski definition) is 1. The highest BCUT2D eigenvalue weighted by Crippen LogP contribution is 2.54. The average molecular weight is 508 g/mol. The van der Waals surface area contributed by atoms with E-state index in [1.54, 1.807) is 14.7 Å². The van der Waals surface area contributed by atoms with Crippen LogP contribution in [0.1, 0.15) is 39.5 Å². The summed E-state index contributed by atoms with van der Waals surface area (Å²) in [6.07, 6.45) is 10.4. The number of unbranched alkanes of at least 4 members (excludes halogenated alkanes) is 2. The van der Waals surface area contributed by atoms with E-state index in [2.05, 4.69) is 6.92 Å². The van der Waals surface area contributed by atoms with Gasteiger partial charge in [0.1, 0.15) is 11.6 Å². The van der Waals surface area contributed by atoms with Gasteiger partial charge in [-0.3, -0.25) is 14.4 Å². The largest absolute Gasteiger partial charge is 0.394 e. The van der Waals surface area contributed by atoms with Crippen LogP contribution in [0.25, 0.3) is 0 Å². The van der Waals surface area contributed by atoms with Crippen molar-refractivity contribution >= 4 is 23.4 Å². The van der Waals surface area contributed by atoms with Gasteiger partial charge in [-0.1, -0.05) is 69.2 Å². The number of anilines is 1. The van der Waals surface area contributed by atoms with E-state index < -0.39 is 35.6 Å². The van der Waals surface area contributed by atoms with Gasteiger partial charge in [-0.15, -0.1) is 0 Å². The minimum absolute atomic E-state index is 0.170. The van der Waals surface area contributed by atoms with Crippen molar-refractivity contribution in [1.29, 1.82) is 0 Å². The lowest BCUT2D eigenvalue weighted by atomic mass is 9.77. The first-order chi connectivity index (χ1) is 18.0. The summed E-state index contributed by atoms with van der Waals surface area (Å²) in [4.78, 5) is 47.4. The van der Waals surface area contributed by atoms with Crippen LogP contribution in [0.5, 0.6) is 0 Å². The van der Waals surface area contributed by atoms with Crippen molar-refractivity contribution in [2.75, 3.05) is 31.1 Å². The van der Waals surface area contributed by atoms with E-state index in [0.29, 0.717) is 26.1 Å². The zero-order valence-corrected chi connectivity index (χ0v) is 21.7. The Bertz CT molecular complexity index is 1080. The van der Waals surface area contributed by atoms with Crippen LogP contribution in [0.2, 0.25) is 0 Å². The lowest BCUT2D eigenvalue weighted by Gasteiger charge is -2.38. The summed E-state index contributed by atoms with van der Waals surface area (Å²) in [5, 5.41) is 10.2. The van der Waals surface area contributed by atoms with Gasteiger partial charge in [0.05, 0.1) is 30.6 Å². The summed E-state index contributed by atoms with van der Waals surface area (Å²) in [5.41, 5.74) is -0.500. The van der Waals surface area contributed by atoms with Crippen LogP contribution in [0.3, 0.4) is 0 Å². The van der Waals surface area contributed by atoms with Crippen LogP contribution in [0.15, 0.2) is 54.6 Å². The van der Waals surface area contributed by atoms with Crippen molar-refractivity contribution < 1.29 is 24.2 Å². The SMILES string of the molecule is CCCCCN1CC=C[C@]23O[C@H]4C=CCN(c5ccccc5)C(=O)[C@H]4[C@H]2C(=O)N([C@@H](CC)CO)C3C1=O. The molecule has 2 fully saturated rings. The highest BCUT2D eigenvalue weighted by molar-refractivity contribution is 6.03. The Morgan fingerprint density at radius 3 is 2.51 bits per heavy atom. The summed E-state index contributed by atoms with van der Waals surface area (Å²) >= 11 is 0. The van der Waals surface area contributed by atoms with E-state index >= 15 is 0 Å². The summed E-state index contributed by atoms with van der Waals surface area (Å²) in [6, 6.07) is 7.98. The molecular formula is C29H37N3O5. The number of benzene rings is 1. The van der Waals surface area contributed by atoms with Crippen LogP contribution in [-0.2, 0) is 19.1 Å². The van der Waals surface area contributed by atoms with Crippen LogP contribution in [-0.4, -0.2) is 82.7 Å². The predicted octanol–water partition coefficient (Wildman–Crippen LogP) is 2.53. The molecule has 1 unspecified atom stereocenters. The molecule has 0 saturated carbocycles. The van der Waals surface area contributed by atoms with Crippen molar-refractivity contribution in [2.45, 2.75) is 63.3 Å². The summed E-state index contributed by atoms with van der Waals surface area (Å²) in [5.74, 6) is -2.25. The van der Waals surface area contributed by atoms with Crippen molar-refractivity contribution in [2.24, 2.45) is 11.8 Å². The maximum absolute atomic E-state index is 14.2. The van der Waals surface area contributed by atoms with Crippen LogP contribution < -0.4 is 4.90 Å².